The highest BCUT2D eigenvalue weighted by Gasteiger charge is 2.31. The Balaban J connectivity index is 1.23. The van der Waals surface area contributed by atoms with Crippen LogP contribution in [0.15, 0.2) is 36.9 Å². The van der Waals surface area contributed by atoms with Crippen molar-refractivity contribution in [3.8, 4) is 0 Å². The van der Waals surface area contributed by atoms with Crippen molar-refractivity contribution in [3.05, 3.63) is 48.3 Å². The molecule has 29 heavy (non-hydrogen) atoms. The maximum absolute atomic E-state index is 12.7. The summed E-state index contributed by atoms with van der Waals surface area (Å²) in [7, 11) is 1.96. The minimum Gasteiger partial charge on any atom is -0.349 e. The molecular formula is C22H32N6O. The van der Waals surface area contributed by atoms with E-state index in [1.165, 1.54) is 18.4 Å². The summed E-state index contributed by atoms with van der Waals surface area (Å²) in [4.78, 5) is 26.3. The smallest absolute Gasteiger partial charge is 0.224 e. The minimum atomic E-state index is 0.0949. The van der Waals surface area contributed by atoms with Crippen LogP contribution in [0.1, 0.15) is 37.1 Å². The van der Waals surface area contributed by atoms with E-state index in [9.17, 15) is 4.79 Å². The van der Waals surface area contributed by atoms with Crippen LogP contribution in [0.5, 0.6) is 0 Å². The van der Waals surface area contributed by atoms with Crippen LogP contribution in [0.3, 0.4) is 0 Å². The maximum atomic E-state index is 12.7. The second kappa shape index (κ2) is 9.50. The predicted molar refractivity (Wildman–Crippen MR) is 112 cm³/mol. The van der Waals surface area contributed by atoms with E-state index in [1.807, 2.05) is 36.3 Å². The summed E-state index contributed by atoms with van der Waals surface area (Å²) in [5, 5.41) is 3.09. The van der Waals surface area contributed by atoms with Gasteiger partial charge in [0.2, 0.25) is 5.91 Å². The van der Waals surface area contributed by atoms with Gasteiger partial charge in [-0.2, -0.15) is 0 Å². The van der Waals surface area contributed by atoms with Gasteiger partial charge < -0.3 is 9.88 Å². The average Bonchev–Trinajstić information content (AvgIpc) is 3.18. The molecule has 0 spiro atoms. The number of amides is 1. The summed E-state index contributed by atoms with van der Waals surface area (Å²) >= 11 is 0. The molecule has 0 aromatic carbocycles. The normalized spacial score (nSPS) is 21.9. The van der Waals surface area contributed by atoms with Gasteiger partial charge in [-0.3, -0.25) is 19.6 Å². The number of pyridine rings is 1. The van der Waals surface area contributed by atoms with Crippen molar-refractivity contribution >= 4 is 5.91 Å². The highest BCUT2D eigenvalue weighted by atomic mass is 16.1. The third-order valence-corrected chi connectivity index (χ3v) is 6.37. The lowest BCUT2D eigenvalue weighted by molar-refractivity contribution is -0.127. The molecule has 2 aromatic heterocycles. The fourth-order valence-corrected chi connectivity index (χ4v) is 4.62. The molecule has 1 amide bonds. The van der Waals surface area contributed by atoms with Gasteiger partial charge in [0, 0.05) is 51.0 Å². The predicted octanol–water partition coefficient (Wildman–Crippen LogP) is 1.81. The van der Waals surface area contributed by atoms with E-state index < -0.39 is 0 Å². The van der Waals surface area contributed by atoms with Crippen molar-refractivity contribution < 1.29 is 4.79 Å². The number of likely N-dealkylation sites (tertiary alicyclic amines) is 2. The van der Waals surface area contributed by atoms with Crippen molar-refractivity contribution in [2.75, 3.05) is 26.2 Å². The molecule has 0 saturated carbocycles. The fourth-order valence-electron chi connectivity index (χ4n) is 4.62. The van der Waals surface area contributed by atoms with Crippen LogP contribution in [0.4, 0.5) is 0 Å². The monoisotopic (exact) mass is 396 g/mol. The number of carbonyl (C=O) groups is 1. The van der Waals surface area contributed by atoms with Crippen molar-refractivity contribution in [1.29, 1.82) is 0 Å². The van der Waals surface area contributed by atoms with Crippen molar-refractivity contribution in [3.63, 3.8) is 0 Å². The van der Waals surface area contributed by atoms with Gasteiger partial charge in [-0.05, 0) is 56.9 Å². The fraction of sp³-hybridized carbons (Fsp3) is 0.591. The summed E-state index contributed by atoms with van der Waals surface area (Å²) in [5.74, 6) is 1.16. The molecule has 156 valence electrons. The standard InChI is InChI=1S/C22H32N6O/c1-26-13-9-24-21(26)15-25-22(29)19-5-3-10-28(17-19)20-6-11-27(12-7-20)16-18-4-2-8-23-14-18/h2,4,8-9,13-14,19-20H,3,5-7,10-12,15-17H2,1H3,(H,25,29)/t19-/m1/s1. The van der Waals surface area contributed by atoms with E-state index in [2.05, 4.69) is 31.2 Å². The van der Waals surface area contributed by atoms with Crippen LogP contribution in [-0.2, 0) is 24.9 Å². The second-order valence-electron chi connectivity index (χ2n) is 8.37. The molecule has 4 heterocycles. The van der Waals surface area contributed by atoms with Crippen molar-refractivity contribution in [1.82, 2.24) is 29.7 Å². The SMILES string of the molecule is Cn1ccnc1CNC(=O)[C@@H]1CCCN(C2CCN(Cc3cccnc3)CC2)C1. The van der Waals surface area contributed by atoms with E-state index in [-0.39, 0.29) is 11.8 Å². The van der Waals surface area contributed by atoms with E-state index in [4.69, 9.17) is 0 Å². The highest BCUT2D eigenvalue weighted by molar-refractivity contribution is 5.78. The third-order valence-electron chi connectivity index (χ3n) is 6.37. The van der Waals surface area contributed by atoms with Crippen LogP contribution in [0.25, 0.3) is 0 Å². The number of aryl methyl sites for hydroxylation is 1. The molecule has 4 rings (SSSR count). The van der Waals surface area contributed by atoms with Crippen LogP contribution in [0, 0.1) is 5.92 Å². The van der Waals surface area contributed by atoms with Gasteiger partial charge >= 0.3 is 0 Å². The van der Waals surface area contributed by atoms with Gasteiger partial charge in [-0.15, -0.1) is 0 Å². The summed E-state index contributed by atoms with van der Waals surface area (Å²) in [6.07, 6.45) is 11.9. The Morgan fingerprint density at radius 1 is 1.21 bits per heavy atom. The Morgan fingerprint density at radius 2 is 2.07 bits per heavy atom. The highest BCUT2D eigenvalue weighted by Crippen LogP contribution is 2.24. The Kier molecular flexibility index (Phi) is 6.56. The van der Waals surface area contributed by atoms with E-state index in [0.717, 1.165) is 51.4 Å². The van der Waals surface area contributed by atoms with Gasteiger partial charge in [0.15, 0.2) is 0 Å². The molecule has 2 fully saturated rings. The van der Waals surface area contributed by atoms with E-state index in [0.29, 0.717) is 12.6 Å². The number of nitrogens with zero attached hydrogens (tertiary/aromatic N) is 5. The topological polar surface area (TPSA) is 66.3 Å². The zero-order chi connectivity index (χ0) is 20.1. The number of imidazole rings is 1. The van der Waals surface area contributed by atoms with Crippen molar-refractivity contribution in [2.24, 2.45) is 13.0 Å². The summed E-state index contributed by atoms with van der Waals surface area (Å²) in [5.41, 5.74) is 1.29. The van der Waals surface area contributed by atoms with Crippen LogP contribution >= 0.6 is 0 Å². The molecule has 0 bridgehead atoms. The molecule has 7 nitrogen and oxygen atoms in total. The van der Waals surface area contributed by atoms with E-state index in [1.54, 1.807) is 6.20 Å². The lowest BCUT2D eigenvalue weighted by Gasteiger charge is -2.42. The summed E-state index contributed by atoms with van der Waals surface area (Å²) < 4.78 is 1.95. The zero-order valence-electron chi connectivity index (χ0n) is 17.3. The molecule has 1 N–H and O–H groups in total. The Hall–Kier alpha value is -2.25. The first-order valence-corrected chi connectivity index (χ1v) is 10.8. The van der Waals surface area contributed by atoms with Gasteiger partial charge in [-0.25, -0.2) is 4.98 Å². The van der Waals surface area contributed by atoms with E-state index >= 15 is 0 Å². The molecule has 7 heteroatoms. The van der Waals surface area contributed by atoms with Gasteiger partial charge in [-0.1, -0.05) is 6.07 Å². The first-order valence-electron chi connectivity index (χ1n) is 10.8. The van der Waals surface area contributed by atoms with Gasteiger partial charge in [0.05, 0.1) is 12.5 Å². The average molecular weight is 397 g/mol. The number of hydrogen-bond acceptors (Lipinski definition) is 5. The molecule has 0 radical (unpaired) electrons. The number of carbonyl (C=O) groups excluding carboxylic acids is 1. The van der Waals surface area contributed by atoms with Crippen LogP contribution < -0.4 is 5.32 Å². The summed E-state index contributed by atoms with van der Waals surface area (Å²) in [6.45, 7) is 5.73. The quantitative estimate of drug-likeness (QED) is 0.807. The lowest BCUT2D eigenvalue weighted by Crippen LogP contribution is -2.50. The van der Waals surface area contributed by atoms with Crippen molar-refractivity contribution in [2.45, 2.75) is 44.8 Å². The maximum Gasteiger partial charge on any atom is 0.224 e. The van der Waals surface area contributed by atoms with Gasteiger partial charge in [0.1, 0.15) is 5.82 Å². The molecule has 0 unspecified atom stereocenters. The number of hydrogen-bond donors (Lipinski definition) is 1. The van der Waals surface area contributed by atoms with Crippen LogP contribution in [-0.4, -0.2) is 62.5 Å². The largest absolute Gasteiger partial charge is 0.349 e. The molecule has 2 aliphatic rings. The first-order chi connectivity index (χ1) is 14.2. The second-order valence-corrected chi connectivity index (χ2v) is 8.37. The Bertz CT molecular complexity index is 784. The number of piperidine rings is 2. The number of nitrogens with one attached hydrogen (secondary N) is 1. The molecule has 0 aliphatic carbocycles. The van der Waals surface area contributed by atoms with Gasteiger partial charge in [0.25, 0.3) is 0 Å². The minimum absolute atomic E-state index is 0.0949. The molecule has 2 saturated heterocycles. The molecule has 1 atom stereocenters. The lowest BCUT2D eigenvalue weighted by atomic mass is 9.93. The molecular weight excluding hydrogens is 364 g/mol. The Labute approximate surface area is 173 Å². The Morgan fingerprint density at radius 3 is 2.79 bits per heavy atom. The number of rotatable bonds is 6. The van der Waals surface area contributed by atoms with Crippen LogP contribution in [0.2, 0.25) is 0 Å². The summed E-state index contributed by atoms with van der Waals surface area (Å²) in [6, 6.07) is 4.76. The number of aromatic nitrogens is 3. The zero-order valence-corrected chi connectivity index (χ0v) is 17.3. The molecule has 2 aliphatic heterocycles. The third kappa shape index (κ3) is 5.22. The molecule has 2 aromatic rings. The first kappa shape index (κ1) is 20.0.